The van der Waals surface area contributed by atoms with E-state index in [2.05, 4.69) is 15.5 Å². The molecule has 0 bridgehead atoms. The fraction of sp³-hybridized carbons (Fsp3) is 0.200. The van der Waals surface area contributed by atoms with Crippen molar-refractivity contribution in [2.75, 3.05) is 11.6 Å². The van der Waals surface area contributed by atoms with Crippen LogP contribution in [0.25, 0.3) is 0 Å². The van der Waals surface area contributed by atoms with Crippen molar-refractivity contribution in [3.05, 3.63) is 36.0 Å². The second kappa shape index (κ2) is 4.98. The summed E-state index contributed by atoms with van der Waals surface area (Å²) in [6, 6.07) is 6.09. The van der Waals surface area contributed by atoms with Gasteiger partial charge in [0.25, 0.3) is 5.22 Å². The number of halogens is 1. The van der Waals surface area contributed by atoms with Crippen LogP contribution >= 0.6 is 11.8 Å². The zero-order valence-corrected chi connectivity index (χ0v) is 9.42. The largest absolute Gasteiger partial charge is 0.414 e. The van der Waals surface area contributed by atoms with Crippen molar-refractivity contribution in [2.24, 2.45) is 0 Å². The lowest BCUT2D eigenvalue weighted by atomic mass is 10.3. The van der Waals surface area contributed by atoms with Gasteiger partial charge in [-0.15, -0.1) is 10.2 Å². The van der Waals surface area contributed by atoms with Crippen LogP contribution in [0.2, 0.25) is 0 Å². The van der Waals surface area contributed by atoms with Gasteiger partial charge in [-0.1, -0.05) is 11.8 Å². The first-order chi connectivity index (χ1) is 7.78. The SMILES string of the molecule is CSc1nnc(CNc2ccc(F)cc2)o1. The molecule has 0 aliphatic rings. The molecular formula is C10H10FN3OS. The Morgan fingerprint density at radius 1 is 1.31 bits per heavy atom. The predicted octanol–water partition coefficient (Wildman–Crippen LogP) is 2.54. The molecule has 0 saturated heterocycles. The van der Waals surface area contributed by atoms with Gasteiger partial charge in [-0.3, -0.25) is 0 Å². The van der Waals surface area contributed by atoms with E-state index in [1.807, 2.05) is 6.26 Å². The molecule has 0 fully saturated rings. The van der Waals surface area contributed by atoms with Crippen LogP contribution in [0, 0.1) is 5.82 Å². The maximum Gasteiger partial charge on any atom is 0.276 e. The predicted molar refractivity (Wildman–Crippen MR) is 59.8 cm³/mol. The van der Waals surface area contributed by atoms with E-state index in [0.29, 0.717) is 17.7 Å². The maximum atomic E-state index is 12.6. The molecule has 1 heterocycles. The highest BCUT2D eigenvalue weighted by atomic mass is 32.2. The molecule has 0 saturated carbocycles. The van der Waals surface area contributed by atoms with E-state index < -0.39 is 0 Å². The number of thioether (sulfide) groups is 1. The number of rotatable bonds is 4. The Hall–Kier alpha value is -1.56. The zero-order valence-electron chi connectivity index (χ0n) is 8.61. The first kappa shape index (κ1) is 10.9. The van der Waals surface area contributed by atoms with Crippen LogP contribution in [0.15, 0.2) is 33.9 Å². The summed E-state index contributed by atoms with van der Waals surface area (Å²) in [6.07, 6.45) is 1.87. The summed E-state index contributed by atoms with van der Waals surface area (Å²) >= 11 is 1.40. The third-order valence-corrected chi connectivity index (χ3v) is 2.43. The standard InChI is InChI=1S/C10H10FN3OS/c1-16-10-14-13-9(15-10)6-12-8-4-2-7(11)3-5-8/h2-5,12H,6H2,1H3. The van der Waals surface area contributed by atoms with E-state index in [4.69, 9.17) is 4.42 Å². The fourth-order valence-electron chi connectivity index (χ4n) is 1.14. The molecule has 4 nitrogen and oxygen atoms in total. The lowest BCUT2D eigenvalue weighted by molar-refractivity contribution is 0.419. The Labute approximate surface area is 96.3 Å². The molecule has 1 aromatic carbocycles. The smallest absolute Gasteiger partial charge is 0.276 e. The quantitative estimate of drug-likeness (QED) is 0.831. The van der Waals surface area contributed by atoms with Gasteiger partial charge in [0.1, 0.15) is 5.82 Å². The molecule has 0 atom stereocenters. The number of anilines is 1. The molecule has 0 amide bonds. The Morgan fingerprint density at radius 2 is 2.06 bits per heavy atom. The normalized spacial score (nSPS) is 10.4. The summed E-state index contributed by atoms with van der Waals surface area (Å²) in [7, 11) is 0. The molecular weight excluding hydrogens is 229 g/mol. The molecule has 0 aliphatic heterocycles. The Kier molecular flexibility index (Phi) is 3.40. The Balaban J connectivity index is 1.94. The van der Waals surface area contributed by atoms with E-state index in [1.165, 1.54) is 23.9 Å². The van der Waals surface area contributed by atoms with Gasteiger partial charge in [0, 0.05) is 5.69 Å². The minimum absolute atomic E-state index is 0.256. The van der Waals surface area contributed by atoms with Crippen molar-refractivity contribution in [3.63, 3.8) is 0 Å². The van der Waals surface area contributed by atoms with Gasteiger partial charge < -0.3 is 9.73 Å². The van der Waals surface area contributed by atoms with Crippen molar-refractivity contribution in [1.29, 1.82) is 0 Å². The van der Waals surface area contributed by atoms with Gasteiger partial charge in [-0.05, 0) is 30.5 Å². The van der Waals surface area contributed by atoms with Crippen molar-refractivity contribution >= 4 is 17.4 Å². The summed E-state index contributed by atoms with van der Waals surface area (Å²) in [5, 5.41) is 11.2. The fourth-order valence-corrected chi connectivity index (χ4v) is 1.44. The topological polar surface area (TPSA) is 51.0 Å². The monoisotopic (exact) mass is 239 g/mol. The van der Waals surface area contributed by atoms with E-state index in [9.17, 15) is 4.39 Å². The first-order valence-corrected chi connectivity index (χ1v) is 5.86. The molecule has 2 rings (SSSR count). The molecule has 1 aromatic heterocycles. The van der Waals surface area contributed by atoms with E-state index in [1.54, 1.807) is 12.1 Å². The van der Waals surface area contributed by atoms with E-state index >= 15 is 0 Å². The van der Waals surface area contributed by atoms with Crippen molar-refractivity contribution in [2.45, 2.75) is 11.8 Å². The highest BCUT2D eigenvalue weighted by Crippen LogP contribution is 2.13. The summed E-state index contributed by atoms with van der Waals surface area (Å²) in [4.78, 5) is 0. The van der Waals surface area contributed by atoms with Gasteiger partial charge in [-0.25, -0.2) is 4.39 Å². The Morgan fingerprint density at radius 3 is 2.69 bits per heavy atom. The third-order valence-electron chi connectivity index (χ3n) is 1.91. The van der Waals surface area contributed by atoms with Crippen LogP contribution in [-0.2, 0) is 6.54 Å². The highest BCUT2D eigenvalue weighted by Gasteiger charge is 2.03. The van der Waals surface area contributed by atoms with Crippen LogP contribution in [0.4, 0.5) is 10.1 Å². The number of hydrogen-bond donors (Lipinski definition) is 1. The van der Waals surface area contributed by atoms with E-state index in [0.717, 1.165) is 5.69 Å². The Bertz CT molecular complexity index is 457. The number of nitrogens with zero attached hydrogens (tertiary/aromatic N) is 2. The molecule has 0 radical (unpaired) electrons. The number of nitrogens with one attached hydrogen (secondary N) is 1. The molecule has 0 spiro atoms. The lowest BCUT2D eigenvalue weighted by Crippen LogP contribution is -1.99. The molecule has 0 aliphatic carbocycles. The number of aromatic nitrogens is 2. The van der Waals surface area contributed by atoms with Gasteiger partial charge >= 0.3 is 0 Å². The second-order valence-corrected chi connectivity index (χ2v) is 3.78. The summed E-state index contributed by atoms with van der Waals surface area (Å²) < 4.78 is 17.9. The molecule has 2 aromatic rings. The lowest BCUT2D eigenvalue weighted by Gasteiger charge is -2.02. The number of benzene rings is 1. The zero-order chi connectivity index (χ0) is 11.4. The summed E-state index contributed by atoms with van der Waals surface area (Å²) in [6.45, 7) is 0.430. The molecule has 0 unspecified atom stereocenters. The molecule has 16 heavy (non-hydrogen) atoms. The van der Waals surface area contributed by atoms with E-state index in [-0.39, 0.29) is 5.82 Å². The molecule has 1 N–H and O–H groups in total. The van der Waals surface area contributed by atoms with Crippen LogP contribution in [-0.4, -0.2) is 16.5 Å². The van der Waals surface area contributed by atoms with Gasteiger partial charge in [0.05, 0.1) is 6.54 Å². The number of hydrogen-bond acceptors (Lipinski definition) is 5. The van der Waals surface area contributed by atoms with Crippen LogP contribution in [0.1, 0.15) is 5.89 Å². The summed E-state index contributed by atoms with van der Waals surface area (Å²) in [5.41, 5.74) is 0.810. The first-order valence-electron chi connectivity index (χ1n) is 4.64. The van der Waals surface area contributed by atoms with Crippen LogP contribution in [0.5, 0.6) is 0 Å². The second-order valence-electron chi connectivity index (χ2n) is 3.03. The average Bonchev–Trinajstić information content (AvgIpc) is 2.76. The highest BCUT2D eigenvalue weighted by molar-refractivity contribution is 7.98. The van der Waals surface area contributed by atoms with Crippen LogP contribution < -0.4 is 5.32 Å². The van der Waals surface area contributed by atoms with Crippen molar-refractivity contribution in [3.8, 4) is 0 Å². The molecule has 6 heteroatoms. The average molecular weight is 239 g/mol. The van der Waals surface area contributed by atoms with Gasteiger partial charge in [-0.2, -0.15) is 0 Å². The van der Waals surface area contributed by atoms with Gasteiger partial charge in [0.15, 0.2) is 0 Å². The van der Waals surface area contributed by atoms with Gasteiger partial charge in [0.2, 0.25) is 5.89 Å². The third kappa shape index (κ3) is 2.73. The minimum Gasteiger partial charge on any atom is -0.414 e. The minimum atomic E-state index is -0.256. The summed E-state index contributed by atoms with van der Waals surface area (Å²) in [5.74, 6) is 0.252. The maximum absolute atomic E-state index is 12.6. The molecule has 84 valence electrons. The van der Waals surface area contributed by atoms with Crippen LogP contribution in [0.3, 0.4) is 0 Å². The van der Waals surface area contributed by atoms with Crippen molar-refractivity contribution < 1.29 is 8.81 Å². The van der Waals surface area contributed by atoms with Crippen molar-refractivity contribution in [1.82, 2.24) is 10.2 Å².